The molecule has 0 bridgehead atoms. The molecule has 1 amide bonds. The van der Waals surface area contributed by atoms with Gasteiger partial charge in [0.05, 0.1) is 25.9 Å². The van der Waals surface area contributed by atoms with E-state index in [0.717, 1.165) is 72.1 Å². The first-order chi connectivity index (χ1) is 11.1. The molecule has 0 radical (unpaired) electrons. The molecule has 2 aliphatic heterocycles. The minimum absolute atomic E-state index is 0.275. The van der Waals surface area contributed by atoms with Gasteiger partial charge in [-0.2, -0.15) is 0 Å². The third kappa shape index (κ3) is 7.16. The second-order valence-electron chi connectivity index (χ2n) is 6.74. The number of unbranched alkanes of at least 4 members (excludes halogenated alkanes) is 1. The maximum Gasteiger partial charge on any atom is 0.236 e. The number of hydrogen-bond acceptors (Lipinski definition) is 5. The third-order valence-corrected chi connectivity index (χ3v) is 4.51. The monoisotopic (exact) mass is 327 g/mol. The molecule has 2 aliphatic rings. The Bertz CT molecular complexity index is 338. The molecule has 0 aliphatic carbocycles. The molecule has 0 atom stereocenters. The van der Waals surface area contributed by atoms with Crippen molar-refractivity contribution in [3.05, 3.63) is 0 Å². The fourth-order valence-corrected chi connectivity index (χ4v) is 3.03. The largest absolute Gasteiger partial charge is 0.379 e. The van der Waals surface area contributed by atoms with Crippen molar-refractivity contribution in [2.24, 2.45) is 0 Å². The number of carbonyl (C=O) groups excluding carboxylic acids is 1. The zero-order valence-corrected chi connectivity index (χ0v) is 14.8. The molecule has 0 N–H and O–H groups in total. The molecule has 0 spiro atoms. The predicted octanol–water partition coefficient (Wildman–Crippen LogP) is 0.668. The molecule has 134 valence electrons. The van der Waals surface area contributed by atoms with Gasteiger partial charge in [-0.3, -0.25) is 14.6 Å². The molecule has 6 heteroatoms. The van der Waals surface area contributed by atoms with Crippen LogP contribution in [0.4, 0.5) is 0 Å². The van der Waals surface area contributed by atoms with Crippen LogP contribution in [0.5, 0.6) is 0 Å². The van der Waals surface area contributed by atoms with Crippen LogP contribution < -0.4 is 0 Å². The maximum atomic E-state index is 12.3. The van der Waals surface area contributed by atoms with Crippen LogP contribution in [0.3, 0.4) is 0 Å². The van der Waals surface area contributed by atoms with Gasteiger partial charge in [-0.25, -0.2) is 0 Å². The molecule has 6 nitrogen and oxygen atoms in total. The van der Waals surface area contributed by atoms with Crippen LogP contribution >= 0.6 is 0 Å². The van der Waals surface area contributed by atoms with E-state index in [0.29, 0.717) is 12.6 Å². The normalized spacial score (nSPS) is 21.1. The number of amides is 1. The van der Waals surface area contributed by atoms with Gasteiger partial charge in [0.1, 0.15) is 0 Å². The summed E-state index contributed by atoms with van der Waals surface area (Å²) in [6, 6.07) is 0. The molecule has 2 saturated heterocycles. The summed E-state index contributed by atoms with van der Waals surface area (Å²) in [6.07, 6.45) is 2.62. The van der Waals surface area contributed by atoms with Gasteiger partial charge in [0, 0.05) is 45.9 Å². The van der Waals surface area contributed by atoms with Crippen LogP contribution in [0.1, 0.15) is 26.7 Å². The summed E-state index contributed by atoms with van der Waals surface area (Å²) >= 11 is 0. The average molecular weight is 327 g/mol. The Balaban J connectivity index is 1.55. The summed E-state index contributed by atoms with van der Waals surface area (Å²) in [4.78, 5) is 19.0. The Morgan fingerprint density at radius 1 is 1.00 bits per heavy atom. The van der Waals surface area contributed by atoms with E-state index in [1.165, 1.54) is 6.42 Å². The molecule has 0 aromatic heterocycles. The van der Waals surface area contributed by atoms with Crippen LogP contribution in [0.25, 0.3) is 0 Å². The molecular weight excluding hydrogens is 294 g/mol. The van der Waals surface area contributed by atoms with Crippen molar-refractivity contribution in [3.63, 3.8) is 0 Å². The number of nitrogens with zero attached hydrogens (tertiary/aromatic N) is 3. The highest BCUT2D eigenvalue weighted by molar-refractivity contribution is 5.78. The van der Waals surface area contributed by atoms with Crippen molar-refractivity contribution < 1.29 is 14.3 Å². The minimum Gasteiger partial charge on any atom is -0.379 e. The van der Waals surface area contributed by atoms with E-state index in [9.17, 15) is 4.79 Å². The number of rotatable bonds is 8. The topological polar surface area (TPSA) is 45.2 Å². The first-order valence-electron chi connectivity index (χ1n) is 9.07. The Morgan fingerprint density at radius 2 is 1.70 bits per heavy atom. The van der Waals surface area contributed by atoms with E-state index in [2.05, 4.69) is 23.6 Å². The molecule has 0 saturated carbocycles. The highest BCUT2D eigenvalue weighted by Crippen LogP contribution is 2.06. The van der Waals surface area contributed by atoms with Gasteiger partial charge in [0.15, 0.2) is 0 Å². The average Bonchev–Trinajstić information content (AvgIpc) is 2.56. The van der Waals surface area contributed by atoms with E-state index >= 15 is 0 Å². The molecule has 2 heterocycles. The van der Waals surface area contributed by atoms with Crippen molar-refractivity contribution in [1.82, 2.24) is 14.7 Å². The van der Waals surface area contributed by atoms with Gasteiger partial charge in [-0.1, -0.05) is 0 Å². The second-order valence-corrected chi connectivity index (χ2v) is 6.74. The van der Waals surface area contributed by atoms with Crippen LogP contribution in [-0.2, 0) is 14.3 Å². The number of ether oxygens (including phenoxy) is 2. The SMILES string of the molecule is CC(C)OCCCCN1CCN(C(=O)CN2CCOCC2)CC1. The van der Waals surface area contributed by atoms with Crippen molar-refractivity contribution in [3.8, 4) is 0 Å². The highest BCUT2D eigenvalue weighted by atomic mass is 16.5. The molecule has 2 fully saturated rings. The lowest BCUT2D eigenvalue weighted by molar-refractivity contribution is -0.135. The predicted molar refractivity (Wildman–Crippen MR) is 90.6 cm³/mol. The first kappa shape index (κ1) is 18.6. The lowest BCUT2D eigenvalue weighted by atomic mass is 10.2. The van der Waals surface area contributed by atoms with E-state index in [1.807, 2.05) is 4.90 Å². The van der Waals surface area contributed by atoms with Crippen LogP contribution in [0, 0.1) is 0 Å². The van der Waals surface area contributed by atoms with Crippen LogP contribution in [0.15, 0.2) is 0 Å². The lowest BCUT2D eigenvalue weighted by Crippen LogP contribution is -2.52. The van der Waals surface area contributed by atoms with E-state index < -0.39 is 0 Å². The summed E-state index contributed by atoms with van der Waals surface area (Å²) in [7, 11) is 0. The van der Waals surface area contributed by atoms with Crippen molar-refractivity contribution >= 4 is 5.91 Å². The lowest BCUT2D eigenvalue weighted by Gasteiger charge is -2.36. The smallest absolute Gasteiger partial charge is 0.236 e. The number of morpholine rings is 1. The van der Waals surface area contributed by atoms with Gasteiger partial charge < -0.3 is 14.4 Å². The molecule has 0 unspecified atom stereocenters. The van der Waals surface area contributed by atoms with Crippen molar-refractivity contribution in [1.29, 1.82) is 0 Å². The van der Waals surface area contributed by atoms with Gasteiger partial charge in [-0.15, -0.1) is 0 Å². The Hall–Kier alpha value is -0.690. The third-order valence-electron chi connectivity index (χ3n) is 4.51. The van der Waals surface area contributed by atoms with Crippen molar-refractivity contribution in [2.45, 2.75) is 32.8 Å². The fourth-order valence-electron chi connectivity index (χ4n) is 3.03. The van der Waals surface area contributed by atoms with Crippen molar-refractivity contribution in [2.75, 3.05) is 72.2 Å². The van der Waals surface area contributed by atoms with Crippen LogP contribution in [-0.4, -0.2) is 98.9 Å². The number of hydrogen-bond donors (Lipinski definition) is 0. The Morgan fingerprint density at radius 3 is 2.35 bits per heavy atom. The number of piperazine rings is 1. The summed E-state index contributed by atoms with van der Waals surface area (Å²) in [5.74, 6) is 0.275. The highest BCUT2D eigenvalue weighted by Gasteiger charge is 2.23. The Labute approximate surface area is 140 Å². The minimum atomic E-state index is 0.275. The molecule has 2 rings (SSSR count). The summed E-state index contributed by atoms with van der Waals surface area (Å²) in [5.41, 5.74) is 0. The number of carbonyl (C=O) groups is 1. The summed E-state index contributed by atoms with van der Waals surface area (Å²) in [5, 5.41) is 0. The molecule has 0 aromatic rings. The van der Waals surface area contributed by atoms with Crippen LogP contribution in [0.2, 0.25) is 0 Å². The zero-order valence-electron chi connectivity index (χ0n) is 14.8. The summed E-state index contributed by atoms with van der Waals surface area (Å²) in [6.45, 7) is 13.7. The van der Waals surface area contributed by atoms with E-state index in [-0.39, 0.29) is 5.91 Å². The Kier molecular flexibility index (Phi) is 8.30. The van der Waals surface area contributed by atoms with E-state index in [4.69, 9.17) is 9.47 Å². The fraction of sp³-hybridized carbons (Fsp3) is 0.941. The zero-order chi connectivity index (χ0) is 16.5. The first-order valence-corrected chi connectivity index (χ1v) is 9.07. The summed E-state index contributed by atoms with van der Waals surface area (Å²) < 4.78 is 10.9. The van der Waals surface area contributed by atoms with Gasteiger partial charge in [0.25, 0.3) is 0 Å². The molecule has 0 aromatic carbocycles. The molecular formula is C17H33N3O3. The quantitative estimate of drug-likeness (QED) is 0.613. The van der Waals surface area contributed by atoms with Gasteiger partial charge in [-0.05, 0) is 33.2 Å². The van der Waals surface area contributed by atoms with Gasteiger partial charge in [0.2, 0.25) is 5.91 Å². The van der Waals surface area contributed by atoms with E-state index in [1.54, 1.807) is 0 Å². The maximum absolute atomic E-state index is 12.3. The van der Waals surface area contributed by atoms with Gasteiger partial charge >= 0.3 is 0 Å². The second kappa shape index (κ2) is 10.2. The standard InChI is InChI=1S/C17H33N3O3/c1-16(2)23-12-4-3-5-18-6-8-20(9-7-18)17(21)15-19-10-13-22-14-11-19/h16H,3-15H2,1-2H3. The molecule has 23 heavy (non-hydrogen) atoms.